The highest BCUT2D eigenvalue weighted by Crippen LogP contribution is 2.27. The van der Waals surface area contributed by atoms with Gasteiger partial charge in [-0.3, -0.25) is 0 Å². The molecule has 0 amide bonds. The van der Waals surface area contributed by atoms with Crippen LogP contribution in [0.3, 0.4) is 0 Å². The number of halogens is 2. The van der Waals surface area contributed by atoms with Crippen molar-refractivity contribution in [3.63, 3.8) is 0 Å². The van der Waals surface area contributed by atoms with E-state index >= 15 is 0 Å². The second kappa shape index (κ2) is 5.27. The van der Waals surface area contributed by atoms with Crippen molar-refractivity contribution < 1.29 is 19.0 Å². The summed E-state index contributed by atoms with van der Waals surface area (Å²) in [5.74, 6) is -1.08. The maximum Gasteiger partial charge on any atom is 0.337 e. The molecule has 0 saturated heterocycles. The summed E-state index contributed by atoms with van der Waals surface area (Å²) in [7, 11) is 0. The summed E-state index contributed by atoms with van der Waals surface area (Å²) in [5, 5.41) is 8.93. The van der Waals surface area contributed by atoms with E-state index in [9.17, 15) is 9.18 Å². The molecule has 98 valence electrons. The maximum atomic E-state index is 13.3. The standard InChI is InChI=1S/C13H9BrFNO3/c14-10-3-1-8(6-11(10)15)19-7-2-4-12(16)9(5-7)13(17)18/h1-6H,16H2,(H,17,18). The fraction of sp³-hybridized carbons (Fsp3) is 0. The SMILES string of the molecule is Nc1ccc(Oc2ccc(Br)c(F)c2)cc1C(=O)O. The molecule has 19 heavy (non-hydrogen) atoms. The van der Waals surface area contributed by atoms with E-state index in [4.69, 9.17) is 15.6 Å². The topological polar surface area (TPSA) is 72.5 Å². The first-order valence-corrected chi connectivity index (χ1v) is 6.02. The maximum absolute atomic E-state index is 13.3. The van der Waals surface area contributed by atoms with Gasteiger partial charge in [-0.2, -0.15) is 0 Å². The second-order valence-corrected chi connectivity index (χ2v) is 4.59. The van der Waals surface area contributed by atoms with Crippen LogP contribution in [-0.2, 0) is 0 Å². The molecule has 6 heteroatoms. The van der Waals surface area contributed by atoms with E-state index in [1.807, 2.05) is 0 Å². The first kappa shape index (κ1) is 13.4. The molecule has 0 fully saturated rings. The molecule has 2 aromatic rings. The summed E-state index contributed by atoms with van der Waals surface area (Å²) in [5.41, 5.74) is 5.61. The summed E-state index contributed by atoms with van der Waals surface area (Å²) in [6.07, 6.45) is 0. The van der Waals surface area contributed by atoms with E-state index in [2.05, 4.69) is 15.9 Å². The Kier molecular flexibility index (Phi) is 3.71. The Morgan fingerprint density at radius 1 is 1.21 bits per heavy atom. The smallest absolute Gasteiger partial charge is 0.337 e. The van der Waals surface area contributed by atoms with Crippen LogP contribution in [-0.4, -0.2) is 11.1 Å². The van der Waals surface area contributed by atoms with Crippen molar-refractivity contribution in [1.29, 1.82) is 0 Å². The van der Waals surface area contributed by atoms with E-state index in [0.717, 1.165) is 0 Å². The number of carbonyl (C=O) groups is 1. The van der Waals surface area contributed by atoms with E-state index < -0.39 is 11.8 Å². The van der Waals surface area contributed by atoms with Gasteiger partial charge in [-0.1, -0.05) is 0 Å². The molecule has 4 nitrogen and oxygen atoms in total. The van der Waals surface area contributed by atoms with Gasteiger partial charge in [0, 0.05) is 11.8 Å². The average Bonchev–Trinajstić information content (AvgIpc) is 2.36. The molecule has 0 radical (unpaired) electrons. The van der Waals surface area contributed by atoms with Crippen LogP contribution in [0.4, 0.5) is 10.1 Å². The zero-order valence-corrected chi connectivity index (χ0v) is 11.1. The molecule has 0 atom stereocenters. The summed E-state index contributed by atoms with van der Waals surface area (Å²) >= 11 is 3.03. The van der Waals surface area contributed by atoms with Crippen LogP contribution in [0.15, 0.2) is 40.9 Å². The molecule has 0 aliphatic carbocycles. The van der Waals surface area contributed by atoms with Crippen LogP contribution >= 0.6 is 15.9 Å². The molecule has 0 spiro atoms. The highest BCUT2D eigenvalue weighted by atomic mass is 79.9. The van der Waals surface area contributed by atoms with Crippen molar-refractivity contribution in [3.05, 3.63) is 52.3 Å². The number of anilines is 1. The van der Waals surface area contributed by atoms with Crippen LogP contribution in [0.1, 0.15) is 10.4 Å². The van der Waals surface area contributed by atoms with Crippen molar-refractivity contribution >= 4 is 27.6 Å². The molecule has 0 aliphatic rings. The minimum absolute atomic E-state index is 0.0601. The Bertz CT molecular complexity index is 646. The number of nitrogen functional groups attached to an aromatic ring is 1. The highest BCUT2D eigenvalue weighted by molar-refractivity contribution is 9.10. The zero-order chi connectivity index (χ0) is 14.0. The number of hydrogen-bond donors (Lipinski definition) is 2. The number of aromatic carboxylic acids is 1. The molecule has 0 bridgehead atoms. The van der Waals surface area contributed by atoms with E-state index in [1.165, 1.54) is 30.3 Å². The molecular weight excluding hydrogens is 317 g/mol. The van der Waals surface area contributed by atoms with E-state index in [-0.39, 0.29) is 22.7 Å². The predicted octanol–water partition coefficient (Wildman–Crippen LogP) is 3.66. The van der Waals surface area contributed by atoms with Gasteiger partial charge in [0.2, 0.25) is 0 Å². The third-order valence-corrected chi connectivity index (χ3v) is 3.03. The normalized spacial score (nSPS) is 10.2. The molecule has 2 rings (SSSR count). The number of carboxylic acids is 1. The summed E-state index contributed by atoms with van der Waals surface area (Å²) in [6, 6.07) is 8.48. The van der Waals surface area contributed by atoms with E-state index in [0.29, 0.717) is 4.47 Å². The Labute approximate surface area is 116 Å². The van der Waals surface area contributed by atoms with Gasteiger partial charge in [0.15, 0.2) is 0 Å². The Balaban J connectivity index is 2.30. The quantitative estimate of drug-likeness (QED) is 0.844. The number of benzene rings is 2. The number of ether oxygens (including phenoxy) is 1. The third kappa shape index (κ3) is 3.03. The fourth-order valence-electron chi connectivity index (χ4n) is 1.46. The zero-order valence-electron chi connectivity index (χ0n) is 9.56. The largest absolute Gasteiger partial charge is 0.478 e. The lowest BCUT2D eigenvalue weighted by molar-refractivity contribution is 0.0697. The van der Waals surface area contributed by atoms with Gasteiger partial charge in [-0.05, 0) is 46.3 Å². The Morgan fingerprint density at radius 3 is 2.47 bits per heavy atom. The van der Waals surface area contributed by atoms with Gasteiger partial charge < -0.3 is 15.6 Å². The number of rotatable bonds is 3. The monoisotopic (exact) mass is 325 g/mol. The summed E-state index contributed by atoms with van der Waals surface area (Å²) in [4.78, 5) is 10.9. The first-order valence-electron chi connectivity index (χ1n) is 5.23. The lowest BCUT2D eigenvalue weighted by Gasteiger charge is -2.08. The molecule has 0 aromatic heterocycles. The molecule has 0 heterocycles. The summed E-state index contributed by atoms with van der Waals surface area (Å²) in [6.45, 7) is 0. The Morgan fingerprint density at radius 2 is 1.84 bits per heavy atom. The molecule has 3 N–H and O–H groups in total. The lowest BCUT2D eigenvalue weighted by Crippen LogP contribution is -2.02. The molecule has 0 aliphatic heterocycles. The van der Waals surface area contributed by atoms with Crippen molar-refractivity contribution in [3.8, 4) is 11.5 Å². The number of nitrogens with two attached hydrogens (primary N) is 1. The number of hydrogen-bond acceptors (Lipinski definition) is 3. The second-order valence-electron chi connectivity index (χ2n) is 3.73. The minimum Gasteiger partial charge on any atom is -0.478 e. The van der Waals surface area contributed by atoms with Crippen LogP contribution < -0.4 is 10.5 Å². The first-order chi connectivity index (χ1) is 8.97. The predicted molar refractivity (Wildman–Crippen MR) is 72.0 cm³/mol. The summed E-state index contributed by atoms with van der Waals surface area (Å²) < 4.78 is 19.0. The number of carboxylic acid groups (broad SMARTS) is 1. The van der Waals surface area contributed by atoms with Gasteiger partial charge in [0.25, 0.3) is 0 Å². The molecule has 2 aromatic carbocycles. The van der Waals surface area contributed by atoms with Crippen molar-refractivity contribution in [2.75, 3.05) is 5.73 Å². The average molecular weight is 326 g/mol. The highest BCUT2D eigenvalue weighted by Gasteiger charge is 2.10. The van der Waals surface area contributed by atoms with Crippen molar-refractivity contribution in [1.82, 2.24) is 0 Å². The van der Waals surface area contributed by atoms with Crippen molar-refractivity contribution in [2.24, 2.45) is 0 Å². The molecular formula is C13H9BrFNO3. The third-order valence-electron chi connectivity index (χ3n) is 2.38. The fourth-order valence-corrected chi connectivity index (χ4v) is 1.71. The van der Waals surface area contributed by atoms with Crippen LogP contribution in [0.5, 0.6) is 11.5 Å². The van der Waals surface area contributed by atoms with Gasteiger partial charge in [0.05, 0.1) is 10.0 Å². The van der Waals surface area contributed by atoms with Crippen molar-refractivity contribution in [2.45, 2.75) is 0 Å². The molecule has 0 saturated carbocycles. The van der Waals surface area contributed by atoms with Gasteiger partial charge in [-0.25, -0.2) is 9.18 Å². The van der Waals surface area contributed by atoms with Crippen LogP contribution in [0, 0.1) is 5.82 Å². The van der Waals surface area contributed by atoms with E-state index in [1.54, 1.807) is 6.07 Å². The molecule has 0 unspecified atom stereocenters. The lowest BCUT2D eigenvalue weighted by atomic mass is 10.2. The minimum atomic E-state index is -1.15. The Hall–Kier alpha value is -2.08. The van der Waals surface area contributed by atoms with Crippen LogP contribution in [0.2, 0.25) is 0 Å². The van der Waals surface area contributed by atoms with Gasteiger partial charge in [-0.15, -0.1) is 0 Å². The van der Waals surface area contributed by atoms with Gasteiger partial charge >= 0.3 is 5.97 Å². The van der Waals surface area contributed by atoms with Crippen LogP contribution in [0.25, 0.3) is 0 Å². The van der Waals surface area contributed by atoms with Gasteiger partial charge in [0.1, 0.15) is 17.3 Å².